The van der Waals surface area contributed by atoms with Crippen LogP contribution in [-0.4, -0.2) is 41.5 Å². The molecule has 0 bridgehead atoms. The Morgan fingerprint density at radius 1 is 1.33 bits per heavy atom. The van der Waals surface area contributed by atoms with Gasteiger partial charge in [-0.3, -0.25) is 4.79 Å². The standard InChI is InChI=1S/C27H28FN3O2/c1-6-15-17-9-23-26-18(11-31(23)14(3)19(17)12-33-27(15)32)25-22(30(4)5)8-7-16-13(2)20(28)10-21(29-26)24(16)25/h9-10,15,22H,3,6-8,11-12H2,1-2,4-5H3. The number of halogens is 1. The number of benzene rings is 1. The van der Waals surface area contributed by atoms with Gasteiger partial charge in [0.05, 0.1) is 29.4 Å². The smallest absolute Gasteiger partial charge is 0.313 e. The topological polar surface area (TPSA) is 45.7 Å². The van der Waals surface area contributed by atoms with Gasteiger partial charge in [0.2, 0.25) is 0 Å². The number of fused-ring (bicyclic) bond motifs is 4. The van der Waals surface area contributed by atoms with Gasteiger partial charge < -0.3 is 14.5 Å². The maximum atomic E-state index is 14.9. The lowest BCUT2D eigenvalue weighted by Crippen LogP contribution is -2.32. The van der Waals surface area contributed by atoms with E-state index in [9.17, 15) is 9.18 Å². The number of rotatable bonds is 2. The van der Waals surface area contributed by atoms with Crippen LogP contribution in [0.2, 0.25) is 0 Å². The number of carbonyl (C=O) groups is 1. The first-order valence-corrected chi connectivity index (χ1v) is 11.7. The second-order valence-electron chi connectivity index (χ2n) is 9.79. The highest BCUT2D eigenvalue weighted by Crippen LogP contribution is 2.50. The van der Waals surface area contributed by atoms with Crippen molar-refractivity contribution in [2.75, 3.05) is 20.7 Å². The highest BCUT2D eigenvalue weighted by molar-refractivity contribution is 5.93. The molecule has 4 aliphatic rings. The van der Waals surface area contributed by atoms with Gasteiger partial charge in [-0.2, -0.15) is 0 Å². The second-order valence-corrected chi connectivity index (χ2v) is 9.79. The first-order chi connectivity index (χ1) is 15.8. The van der Waals surface area contributed by atoms with E-state index in [1.807, 2.05) is 13.8 Å². The molecule has 2 unspecified atom stereocenters. The summed E-state index contributed by atoms with van der Waals surface area (Å²) in [5, 5.41) is 1.12. The average Bonchev–Trinajstić information content (AvgIpc) is 3.16. The summed E-state index contributed by atoms with van der Waals surface area (Å²) in [5.41, 5.74) is 9.74. The number of aryl methyl sites for hydroxylation is 1. The zero-order chi connectivity index (χ0) is 23.2. The molecule has 2 aromatic rings. The van der Waals surface area contributed by atoms with Crippen LogP contribution in [0.15, 0.2) is 35.6 Å². The molecule has 6 rings (SSSR count). The number of esters is 1. The van der Waals surface area contributed by atoms with Crippen LogP contribution < -0.4 is 0 Å². The van der Waals surface area contributed by atoms with Crippen molar-refractivity contribution in [3.05, 3.63) is 69.3 Å². The molecule has 0 fully saturated rings. The van der Waals surface area contributed by atoms with Crippen LogP contribution in [0.3, 0.4) is 0 Å². The van der Waals surface area contributed by atoms with Crippen LogP contribution in [0.4, 0.5) is 4.39 Å². The molecule has 0 saturated carbocycles. The lowest BCUT2D eigenvalue weighted by molar-refractivity contribution is -0.147. The molecular formula is C27H28FN3O2. The fourth-order valence-corrected chi connectivity index (χ4v) is 6.19. The third-order valence-corrected chi connectivity index (χ3v) is 7.96. The number of ether oxygens (including phenoxy) is 1. The Bertz CT molecular complexity index is 1340. The fourth-order valence-electron chi connectivity index (χ4n) is 6.19. The van der Waals surface area contributed by atoms with Crippen molar-refractivity contribution in [2.24, 2.45) is 5.92 Å². The van der Waals surface area contributed by atoms with E-state index in [0.29, 0.717) is 13.0 Å². The van der Waals surface area contributed by atoms with Crippen molar-refractivity contribution in [1.82, 2.24) is 14.8 Å². The molecule has 1 aliphatic carbocycles. The largest absolute Gasteiger partial charge is 0.460 e. The summed E-state index contributed by atoms with van der Waals surface area (Å²) in [4.78, 5) is 21.9. The van der Waals surface area contributed by atoms with E-state index in [1.54, 1.807) is 6.07 Å². The van der Waals surface area contributed by atoms with Gasteiger partial charge in [0.25, 0.3) is 0 Å². The quantitative estimate of drug-likeness (QED) is 0.622. The van der Waals surface area contributed by atoms with Gasteiger partial charge >= 0.3 is 5.97 Å². The van der Waals surface area contributed by atoms with Gasteiger partial charge in [-0.1, -0.05) is 13.5 Å². The monoisotopic (exact) mass is 445 g/mol. The fraction of sp³-hybridized carbons (Fsp3) is 0.407. The van der Waals surface area contributed by atoms with Gasteiger partial charge in [0, 0.05) is 34.3 Å². The lowest BCUT2D eigenvalue weighted by atomic mass is 9.81. The summed E-state index contributed by atoms with van der Waals surface area (Å²) in [6.45, 7) is 9.22. The zero-order valence-corrected chi connectivity index (χ0v) is 19.6. The van der Waals surface area contributed by atoms with Crippen LogP contribution in [0, 0.1) is 18.7 Å². The van der Waals surface area contributed by atoms with E-state index in [0.717, 1.165) is 63.1 Å². The Balaban J connectivity index is 1.64. The van der Waals surface area contributed by atoms with Gasteiger partial charge in [-0.05, 0) is 68.6 Å². The number of nitrogens with zero attached hydrogens (tertiary/aromatic N) is 3. The van der Waals surface area contributed by atoms with E-state index in [-0.39, 0.29) is 30.4 Å². The molecule has 1 aromatic heterocycles. The highest BCUT2D eigenvalue weighted by Gasteiger charge is 2.41. The van der Waals surface area contributed by atoms with Crippen molar-refractivity contribution in [3.63, 3.8) is 0 Å². The Morgan fingerprint density at radius 2 is 2.12 bits per heavy atom. The predicted octanol–water partition coefficient (Wildman–Crippen LogP) is 4.79. The summed E-state index contributed by atoms with van der Waals surface area (Å²) in [6.07, 6.45) is 4.58. The maximum Gasteiger partial charge on any atom is 0.313 e. The summed E-state index contributed by atoms with van der Waals surface area (Å²) in [5.74, 6) is -0.657. The van der Waals surface area contributed by atoms with Crippen LogP contribution >= 0.6 is 0 Å². The summed E-state index contributed by atoms with van der Waals surface area (Å²) < 4.78 is 20.3. The van der Waals surface area contributed by atoms with Gasteiger partial charge in [0.1, 0.15) is 12.4 Å². The molecule has 2 atom stereocenters. The number of cyclic esters (lactones) is 1. The first-order valence-electron chi connectivity index (χ1n) is 11.7. The first kappa shape index (κ1) is 20.6. The van der Waals surface area contributed by atoms with Gasteiger partial charge in [0.15, 0.2) is 0 Å². The summed E-state index contributed by atoms with van der Waals surface area (Å²) >= 11 is 0. The Labute approximate surface area is 193 Å². The molecule has 5 nitrogen and oxygen atoms in total. The Morgan fingerprint density at radius 3 is 2.85 bits per heavy atom. The van der Waals surface area contributed by atoms with Crippen LogP contribution in [0.25, 0.3) is 16.6 Å². The van der Waals surface area contributed by atoms with Gasteiger partial charge in [-0.25, -0.2) is 9.37 Å². The molecule has 4 heterocycles. The minimum atomic E-state index is -0.288. The summed E-state index contributed by atoms with van der Waals surface area (Å²) in [7, 11) is 4.22. The van der Waals surface area contributed by atoms with E-state index < -0.39 is 0 Å². The molecular weight excluding hydrogens is 417 g/mol. The van der Waals surface area contributed by atoms with Gasteiger partial charge in [-0.15, -0.1) is 0 Å². The number of aromatic nitrogens is 1. The number of hydrogen-bond acceptors (Lipinski definition) is 5. The maximum absolute atomic E-state index is 14.9. The molecule has 0 radical (unpaired) electrons. The number of pyridine rings is 1. The third kappa shape index (κ3) is 2.67. The van der Waals surface area contributed by atoms with Crippen molar-refractivity contribution >= 4 is 22.6 Å². The average molecular weight is 446 g/mol. The molecule has 0 saturated heterocycles. The normalized spacial score (nSPS) is 23.6. The molecule has 170 valence electrons. The third-order valence-electron chi connectivity index (χ3n) is 7.96. The minimum absolute atomic E-state index is 0.177. The van der Waals surface area contributed by atoms with Crippen molar-refractivity contribution in [2.45, 2.75) is 45.7 Å². The number of carbonyl (C=O) groups excluding carboxylic acids is 1. The van der Waals surface area contributed by atoms with E-state index in [2.05, 4.69) is 36.6 Å². The minimum Gasteiger partial charge on any atom is -0.460 e. The van der Waals surface area contributed by atoms with E-state index in [4.69, 9.17) is 9.72 Å². The molecule has 6 heteroatoms. The lowest BCUT2D eigenvalue weighted by Gasteiger charge is -2.35. The SMILES string of the molecule is C=C1C2=C(C=C3c4nc5cc(F)c(C)c6c5c(c4CN13)C(N(C)C)CC6)C(CC)C(=O)OC2. The van der Waals surface area contributed by atoms with Crippen molar-refractivity contribution in [1.29, 1.82) is 0 Å². The van der Waals surface area contributed by atoms with E-state index >= 15 is 0 Å². The molecule has 1 aromatic carbocycles. The summed E-state index contributed by atoms with van der Waals surface area (Å²) in [6, 6.07) is 1.83. The van der Waals surface area contributed by atoms with Crippen LogP contribution in [0.1, 0.15) is 53.8 Å². The van der Waals surface area contributed by atoms with Crippen molar-refractivity contribution in [3.8, 4) is 0 Å². The van der Waals surface area contributed by atoms with Crippen molar-refractivity contribution < 1.29 is 13.9 Å². The Kier molecular flexibility index (Phi) is 4.37. The predicted molar refractivity (Wildman–Crippen MR) is 126 cm³/mol. The number of allylic oxidation sites excluding steroid dienone is 1. The van der Waals surface area contributed by atoms with Crippen LogP contribution in [0.5, 0.6) is 0 Å². The molecule has 0 amide bonds. The Hall–Kier alpha value is -2.99. The van der Waals surface area contributed by atoms with E-state index in [1.165, 1.54) is 11.1 Å². The highest BCUT2D eigenvalue weighted by atomic mass is 19.1. The van der Waals surface area contributed by atoms with Crippen LogP contribution in [-0.2, 0) is 22.5 Å². The molecule has 0 spiro atoms. The number of hydrogen-bond donors (Lipinski definition) is 0. The molecule has 3 aliphatic heterocycles. The molecule has 33 heavy (non-hydrogen) atoms. The zero-order valence-electron chi connectivity index (χ0n) is 19.6. The second kappa shape index (κ2) is 7.00. The molecule has 0 N–H and O–H groups in total.